The zero-order chi connectivity index (χ0) is 18.9. The number of allylic oxidation sites excluding steroid dienone is 2. The van der Waals surface area contributed by atoms with Gasteiger partial charge in [-0.15, -0.1) is 0 Å². The topological polar surface area (TPSA) is 147 Å². The van der Waals surface area contributed by atoms with Crippen LogP contribution in [0, 0.1) is 0 Å². The van der Waals surface area contributed by atoms with E-state index in [1.807, 2.05) is 0 Å². The lowest BCUT2D eigenvalue weighted by atomic mass is 9.68. The van der Waals surface area contributed by atoms with Crippen LogP contribution in [0.2, 0.25) is 0 Å². The highest BCUT2D eigenvalue weighted by atomic mass is 32.2. The van der Waals surface area contributed by atoms with E-state index in [9.17, 15) is 13.2 Å². The summed E-state index contributed by atoms with van der Waals surface area (Å²) in [6.07, 6.45) is 6.27. The molecule has 1 fully saturated rings. The number of hydrogen-bond acceptors (Lipinski definition) is 7. The number of amides is 1. The molecule has 1 amide bonds. The van der Waals surface area contributed by atoms with Crippen LogP contribution in [0.4, 0.5) is 0 Å². The van der Waals surface area contributed by atoms with E-state index in [1.165, 1.54) is 37.6 Å². The number of ether oxygens (including phenoxy) is 2. The Labute approximate surface area is 151 Å². The SMILES string of the molecule is COc1ccnc(C2(C3CCCO3)C(C(N)=O)=CC=CC2S(N)(=O)=O)n1. The predicted molar refractivity (Wildman–Crippen MR) is 92.5 cm³/mol. The summed E-state index contributed by atoms with van der Waals surface area (Å²) < 4.78 is 35.9. The Morgan fingerprint density at radius 1 is 1.46 bits per heavy atom. The molecule has 4 N–H and O–H groups in total. The first-order chi connectivity index (χ1) is 12.3. The summed E-state index contributed by atoms with van der Waals surface area (Å²) in [4.78, 5) is 20.8. The molecule has 2 heterocycles. The first-order valence-corrected chi connectivity index (χ1v) is 9.62. The summed E-state index contributed by atoms with van der Waals surface area (Å²) >= 11 is 0. The zero-order valence-corrected chi connectivity index (χ0v) is 15.0. The van der Waals surface area contributed by atoms with Gasteiger partial charge in [-0.05, 0) is 12.8 Å². The first kappa shape index (κ1) is 18.5. The van der Waals surface area contributed by atoms with Crippen molar-refractivity contribution in [2.24, 2.45) is 10.9 Å². The minimum atomic E-state index is -4.14. The lowest BCUT2D eigenvalue weighted by Crippen LogP contribution is -2.58. The van der Waals surface area contributed by atoms with Crippen molar-refractivity contribution in [2.45, 2.75) is 29.6 Å². The van der Waals surface area contributed by atoms with E-state index in [0.29, 0.717) is 19.4 Å². The number of primary amides is 1. The second-order valence-corrected chi connectivity index (χ2v) is 7.82. The van der Waals surface area contributed by atoms with Crippen molar-refractivity contribution < 1.29 is 22.7 Å². The number of hydrogen-bond donors (Lipinski definition) is 2. The zero-order valence-electron chi connectivity index (χ0n) is 14.2. The van der Waals surface area contributed by atoms with Gasteiger partial charge in [0.25, 0.3) is 0 Å². The standard InChI is InChI=1S/C16H20N4O5S/c1-24-13-7-8-19-15(20-13)16(11-5-3-9-25-11)10(14(17)21)4-2-6-12(16)26(18,22)23/h2,4,6-8,11-12H,3,5,9H2,1H3,(H2,17,21)(H2,18,22,23). The molecule has 26 heavy (non-hydrogen) atoms. The Balaban J connectivity index is 2.36. The number of methoxy groups -OCH3 is 1. The van der Waals surface area contributed by atoms with E-state index in [4.69, 9.17) is 20.3 Å². The van der Waals surface area contributed by atoms with Crippen LogP contribution in [0.3, 0.4) is 0 Å². The molecule has 0 spiro atoms. The van der Waals surface area contributed by atoms with Gasteiger partial charge in [-0.25, -0.2) is 18.5 Å². The second kappa shape index (κ2) is 6.78. The summed E-state index contributed by atoms with van der Waals surface area (Å²) in [6, 6.07) is 1.52. The van der Waals surface area contributed by atoms with Gasteiger partial charge in [0.05, 0.1) is 13.2 Å². The lowest BCUT2D eigenvalue weighted by molar-refractivity contribution is -0.116. The Kier molecular flexibility index (Phi) is 4.82. The van der Waals surface area contributed by atoms with Gasteiger partial charge < -0.3 is 15.2 Å². The molecule has 0 aromatic carbocycles. The van der Waals surface area contributed by atoms with Crippen molar-refractivity contribution in [3.8, 4) is 5.88 Å². The highest BCUT2D eigenvalue weighted by Crippen LogP contribution is 2.47. The van der Waals surface area contributed by atoms with Gasteiger partial charge in [0.15, 0.2) is 0 Å². The number of aromatic nitrogens is 2. The molecular weight excluding hydrogens is 360 g/mol. The van der Waals surface area contributed by atoms with Crippen LogP contribution >= 0.6 is 0 Å². The van der Waals surface area contributed by atoms with Crippen molar-refractivity contribution in [1.29, 1.82) is 0 Å². The molecule has 0 bridgehead atoms. The molecular formula is C16H20N4O5S. The fraction of sp³-hybridized carbons (Fsp3) is 0.438. The molecule has 0 radical (unpaired) electrons. The van der Waals surface area contributed by atoms with E-state index in [2.05, 4.69) is 9.97 Å². The third-order valence-corrected chi connectivity index (χ3v) is 5.95. The van der Waals surface area contributed by atoms with Crippen molar-refractivity contribution >= 4 is 15.9 Å². The van der Waals surface area contributed by atoms with Crippen molar-refractivity contribution in [1.82, 2.24) is 9.97 Å². The van der Waals surface area contributed by atoms with Crippen LogP contribution < -0.4 is 15.6 Å². The number of carbonyl (C=O) groups excluding carboxylic acids is 1. The lowest BCUT2D eigenvalue weighted by Gasteiger charge is -2.43. The van der Waals surface area contributed by atoms with Gasteiger partial charge in [0.1, 0.15) is 16.5 Å². The van der Waals surface area contributed by atoms with Crippen molar-refractivity contribution in [3.63, 3.8) is 0 Å². The average molecular weight is 380 g/mol. The number of rotatable bonds is 5. The fourth-order valence-corrected chi connectivity index (χ4v) is 4.90. The van der Waals surface area contributed by atoms with Crippen LogP contribution in [-0.4, -0.2) is 49.4 Å². The Bertz CT molecular complexity index is 876. The molecule has 9 nitrogen and oxygen atoms in total. The molecule has 1 aliphatic carbocycles. The average Bonchev–Trinajstić information content (AvgIpc) is 3.15. The maximum Gasteiger partial charge on any atom is 0.245 e. The molecule has 3 atom stereocenters. The molecule has 1 aliphatic heterocycles. The van der Waals surface area contributed by atoms with E-state index < -0.39 is 32.7 Å². The number of primary sulfonamides is 1. The van der Waals surface area contributed by atoms with Crippen molar-refractivity contribution in [3.05, 3.63) is 41.9 Å². The summed E-state index contributed by atoms with van der Waals surface area (Å²) in [5.41, 5.74) is 4.09. The summed E-state index contributed by atoms with van der Waals surface area (Å²) in [5, 5.41) is 4.22. The third-order valence-electron chi connectivity index (χ3n) is 4.71. The molecule has 0 saturated carbocycles. The van der Waals surface area contributed by atoms with Gasteiger partial charge in [0.2, 0.25) is 21.8 Å². The molecule has 1 aromatic heterocycles. The molecule has 3 rings (SSSR count). The molecule has 2 aliphatic rings. The van der Waals surface area contributed by atoms with Gasteiger partial charge in [-0.2, -0.15) is 4.98 Å². The Morgan fingerprint density at radius 3 is 2.81 bits per heavy atom. The van der Waals surface area contributed by atoms with Gasteiger partial charge in [-0.1, -0.05) is 18.2 Å². The van der Waals surface area contributed by atoms with E-state index in [0.717, 1.165) is 0 Å². The van der Waals surface area contributed by atoms with Crippen molar-refractivity contribution in [2.75, 3.05) is 13.7 Å². The second-order valence-electron chi connectivity index (χ2n) is 6.13. The third kappa shape index (κ3) is 2.89. The quantitative estimate of drug-likeness (QED) is 0.702. The maximum atomic E-state index is 12.5. The highest BCUT2D eigenvalue weighted by Gasteiger charge is 2.59. The number of nitrogens with two attached hydrogens (primary N) is 2. The summed E-state index contributed by atoms with van der Waals surface area (Å²) in [6.45, 7) is 0.420. The predicted octanol–water partition coefficient (Wildman–Crippen LogP) is -0.459. The molecule has 3 unspecified atom stereocenters. The van der Waals surface area contributed by atoms with E-state index >= 15 is 0 Å². The first-order valence-electron chi connectivity index (χ1n) is 8.01. The maximum absolute atomic E-state index is 12.5. The van der Waals surface area contributed by atoms with Crippen LogP contribution in [0.1, 0.15) is 18.7 Å². The highest BCUT2D eigenvalue weighted by molar-refractivity contribution is 7.90. The largest absolute Gasteiger partial charge is 0.481 e. The smallest absolute Gasteiger partial charge is 0.245 e. The van der Waals surface area contributed by atoms with Crippen LogP contribution in [-0.2, 0) is 25.0 Å². The number of sulfonamides is 1. The van der Waals surface area contributed by atoms with Crippen LogP contribution in [0.15, 0.2) is 36.1 Å². The summed E-state index contributed by atoms with van der Waals surface area (Å²) in [5.74, 6) is -0.499. The molecule has 1 saturated heterocycles. The van der Waals surface area contributed by atoms with E-state index in [1.54, 1.807) is 0 Å². The van der Waals surface area contributed by atoms with E-state index in [-0.39, 0.29) is 17.3 Å². The van der Waals surface area contributed by atoms with Crippen LogP contribution in [0.5, 0.6) is 5.88 Å². The minimum Gasteiger partial charge on any atom is -0.481 e. The Morgan fingerprint density at radius 2 is 2.23 bits per heavy atom. The number of nitrogens with zero attached hydrogens (tertiary/aromatic N) is 2. The van der Waals surface area contributed by atoms with Gasteiger partial charge in [0, 0.05) is 24.4 Å². The van der Waals surface area contributed by atoms with Gasteiger partial charge >= 0.3 is 0 Å². The Hall–Kier alpha value is -2.30. The number of carbonyl (C=O) groups is 1. The van der Waals surface area contributed by atoms with Gasteiger partial charge in [-0.3, -0.25) is 4.79 Å². The summed E-state index contributed by atoms with van der Waals surface area (Å²) in [7, 11) is -2.72. The monoisotopic (exact) mass is 380 g/mol. The van der Waals surface area contributed by atoms with Crippen LogP contribution in [0.25, 0.3) is 0 Å². The molecule has 10 heteroatoms. The fourth-order valence-electron chi connectivity index (χ4n) is 3.69. The molecule has 140 valence electrons. The normalized spacial score (nSPS) is 28.6. The minimum absolute atomic E-state index is 0.0409. The molecule has 1 aromatic rings.